The average molecular weight is 267 g/mol. The summed E-state index contributed by atoms with van der Waals surface area (Å²) >= 11 is 0. The van der Waals surface area contributed by atoms with E-state index in [2.05, 4.69) is 10.2 Å². The lowest BCUT2D eigenvalue weighted by Gasteiger charge is -2.36. The summed E-state index contributed by atoms with van der Waals surface area (Å²) in [7, 11) is 0. The molecule has 5 nitrogen and oxygen atoms in total. The first-order chi connectivity index (χ1) is 9.29. The molecular weight excluding hydrogens is 242 g/mol. The molecule has 3 aliphatic rings. The number of carbonyl (C=O) groups is 1. The zero-order valence-electron chi connectivity index (χ0n) is 11.6. The molecule has 0 spiro atoms. The van der Waals surface area contributed by atoms with E-state index in [-0.39, 0.29) is 12.6 Å². The molecule has 2 saturated heterocycles. The molecule has 2 aliphatic heterocycles. The van der Waals surface area contributed by atoms with E-state index in [9.17, 15) is 4.79 Å². The van der Waals surface area contributed by atoms with Gasteiger partial charge in [-0.2, -0.15) is 0 Å². The lowest BCUT2D eigenvalue weighted by atomic mass is 9.93. The van der Waals surface area contributed by atoms with Crippen LogP contribution in [0.15, 0.2) is 0 Å². The van der Waals surface area contributed by atoms with Crippen LogP contribution in [0.1, 0.15) is 19.3 Å². The Bertz CT molecular complexity index is 329. The molecular formula is C14H25N3O2. The molecule has 3 atom stereocenters. The molecule has 0 aromatic carbocycles. The molecule has 1 amide bonds. The number of aliphatic hydroxyl groups excluding tert-OH is 1. The Hall–Kier alpha value is -0.650. The summed E-state index contributed by atoms with van der Waals surface area (Å²) in [6.45, 7) is 5.39. The van der Waals surface area contributed by atoms with Crippen LogP contribution in [0, 0.1) is 11.8 Å². The Balaban J connectivity index is 1.54. The van der Waals surface area contributed by atoms with Gasteiger partial charge in [-0.05, 0) is 31.2 Å². The highest BCUT2D eigenvalue weighted by Gasteiger charge is 2.43. The second kappa shape index (κ2) is 5.77. The van der Waals surface area contributed by atoms with Crippen molar-refractivity contribution < 1.29 is 9.90 Å². The van der Waals surface area contributed by atoms with E-state index >= 15 is 0 Å². The minimum atomic E-state index is 0.0805. The van der Waals surface area contributed by atoms with Crippen LogP contribution in [0.5, 0.6) is 0 Å². The van der Waals surface area contributed by atoms with Gasteiger partial charge in [0.25, 0.3) is 0 Å². The van der Waals surface area contributed by atoms with E-state index in [0.29, 0.717) is 11.8 Å². The minimum Gasteiger partial charge on any atom is -0.395 e. The van der Waals surface area contributed by atoms with Gasteiger partial charge in [0.1, 0.15) is 0 Å². The molecule has 108 valence electrons. The SMILES string of the molecule is O=C(C1NCC2CCCC21)N1CCN(CCO)CC1. The third-order valence-corrected chi connectivity index (χ3v) is 5.11. The fourth-order valence-corrected chi connectivity index (χ4v) is 3.99. The first kappa shape index (κ1) is 13.3. The van der Waals surface area contributed by atoms with Gasteiger partial charge in [0, 0.05) is 32.7 Å². The number of β-amino-alcohol motifs (C(OH)–C–C–N with tert-alkyl or cyclic N) is 1. The molecule has 3 rings (SSSR count). The third-order valence-electron chi connectivity index (χ3n) is 5.11. The minimum absolute atomic E-state index is 0.0805. The molecule has 5 heteroatoms. The lowest BCUT2D eigenvalue weighted by molar-refractivity contribution is -0.136. The Morgan fingerprint density at radius 3 is 2.74 bits per heavy atom. The van der Waals surface area contributed by atoms with Gasteiger partial charge >= 0.3 is 0 Å². The van der Waals surface area contributed by atoms with E-state index in [1.807, 2.05) is 4.90 Å². The van der Waals surface area contributed by atoms with Gasteiger partial charge < -0.3 is 15.3 Å². The molecule has 1 aliphatic carbocycles. The third kappa shape index (κ3) is 2.64. The van der Waals surface area contributed by atoms with Gasteiger partial charge in [0.2, 0.25) is 5.91 Å². The van der Waals surface area contributed by atoms with E-state index < -0.39 is 0 Å². The van der Waals surface area contributed by atoms with Crippen LogP contribution in [0.3, 0.4) is 0 Å². The van der Waals surface area contributed by atoms with Crippen molar-refractivity contribution in [1.29, 1.82) is 0 Å². The van der Waals surface area contributed by atoms with Gasteiger partial charge in [0.15, 0.2) is 0 Å². The Labute approximate surface area is 114 Å². The highest BCUT2D eigenvalue weighted by molar-refractivity contribution is 5.83. The summed E-state index contributed by atoms with van der Waals surface area (Å²) in [5.41, 5.74) is 0. The van der Waals surface area contributed by atoms with Crippen LogP contribution >= 0.6 is 0 Å². The molecule has 2 N–H and O–H groups in total. The van der Waals surface area contributed by atoms with Crippen LogP contribution in [0.25, 0.3) is 0 Å². The summed E-state index contributed by atoms with van der Waals surface area (Å²) in [5.74, 6) is 1.64. The maximum absolute atomic E-state index is 12.6. The van der Waals surface area contributed by atoms with Crippen molar-refractivity contribution in [3.05, 3.63) is 0 Å². The first-order valence-electron chi connectivity index (χ1n) is 7.65. The van der Waals surface area contributed by atoms with Crippen molar-refractivity contribution in [1.82, 2.24) is 15.1 Å². The monoisotopic (exact) mass is 267 g/mol. The summed E-state index contributed by atoms with van der Waals surface area (Å²) in [5, 5.41) is 12.4. The molecule has 3 unspecified atom stereocenters. The summed E-state index contributed by atoms with van der Waals surface area (Å²) in [4.78, 5) is 16.8. The van der Waals surface area contributed by atoms with E-state index in [1.54, 1.807) is 0 Å². The number of fused-ring (bicyclic) bond motifs is 1. The van der Waals surface area contributed by atoms with Crippen LogP contribution in [0.2, 0.25) is 0 Å². The Morgan fingerprint density at radius 2 is 2.00 bits per heavy atom. The summed E-state index contributed by atoms with van der Waals surface area (Å²) in [6.07, 6.45) is 3.81. The van der Waals surface area contributed by atoms with Crippen molar-refractivity contribution in [2.45, 2.75) is 25.3 Å². The predicted molar refractivity (Wildman–Crippen MR) is 72.7 cm³/mol. The quantitative estimate of drug-likeness (QED) is 0.724. The highest BCUT2D eigenvalue weighted by Crippen LogP contribution is 2.38. The standard InChI is InChI=1S/C14H25N3O2/c18-9-8-16-4-6-17(7-5-16)14(19)13-12-3-1-2-11(12)10-15-13/h11-13,15,18H,1-10H2. The molecule has 0 aromatic rings. The van der Waals surface area contributed by atoms with Crippen LogP contribution < -0.4 is 5.32 Å². The molecule has 3 fully saturated rings. The second-order valence-corrected chi connectivity index (χ2v) is 6.13. The van der Waals surface area contributed by atoms with Crippen LogP contribution in [-0.4, -0.2) is 72.7 Å². The number of nitrogens with zero attached hydrogens (tertiary/aromatic N) is 2. The van der Waals surface area contributed by atoms with Crippen LogP contribution in [-0.2, 0) is 4.79 Å². The number of hydrogen-bond donors (Lipinski definition) is 2. The molecule has 0 radical (unpaired) electrons. The van der Waals surface area contributed by atoms with Crippen molar-refractivity contribution in [3.63, 3.8) is 0 Å². The average Bonchev–Trinajstić information content (AvgIpc) is 3.01. The molecule has 0 aromatic heterocycles. The van der Waals surface area contributed by atoms with Gasteiger partial charge in [-0.15, -0.1) is 0 Å². The number of carbonyl (C=O) groups excluding carboxylic acids is 1. The van der Waals surface area contributed by atoms with E-state index in [1.165, 1.54) is 19.3 Å². The first-order valence-corrected chi connectivity index (χ1v) is 7.65. The van der Waals surface area contributed by atoms with Gasteiger partial charge in [-0.25, -0.2) is 0 Å². The maximum Gasteiger partial charge on any atom is 0.240 e. The molecule has 19 heavy (non-hydrogen) atoms. The van der Waals surface area contributed by atoms with Crippen molar-refractivity contribution in [2.75, 3.05) is 45.9 Å². The molecule has 2 heterocycles. The predicted octanol–water partition coefficient (Wildman–Crippen LogP) is -0.489. The summed E-state index contributed by atoms with van der Waals surface area (Å²) < 4.78 is 0. The fraction of sp³-hybridized carbons (Fsp3) is 0.929. The fourth-order valence-electron chi connectivity index (χ4n) is 3.99. The number of hydrogen-bond acceptors (Lipinski definition) is 4. The van der Waals surface area contributed by atoms with Gasteiger partial charge in [-0.3, -0.25) is 9.69 Å². The number of nitrogens with one attached hydrogen (secondary N) is 1. The normalized spacial score (nSPS) is 35.6. The topological polar surface area (TPSA) is 55.8 Å². The maximum atomic E-state index is 12.6. The molecule has 0 bridgehead atoms. The van der Waals surface area contributed by atoms with E-state index in [4.69, 9.17) is 5.11 Å². The van der Waals surface area contributed by atoms with Gasteiger partial charge in [0.05, 0.1) is 12.6 Å². The second-order valence-electron chi connectivity index (χ2n) is 6.13. The summed E-state index contributed by atoms with van der Waals surface area (Å²) in [6, 6.07) is 0.0805. The highest BCUT2D eigenvalue weighted by atomic mass is 16.3. The molecule has 1 saturated carbocycles. The van der Waals surface area contributed by atoms with Crippen LogP contribution in [0.4, 0.5) is 0 Å². The number of amides is 1. The van der Waals surface area contributed by atoms with Crippen molar-refractivity contribution >= 4 is 5.91 Å². The van der Waals surface area contributed by atoms with Crippen molar-refractivity contribution in [2.24, 2.45) is 11.8 Å². The number of aliphatic hydroxyl groups is 1. The number of piperazine rings is 1. The Kier molecular flexibility index (Phi) is 4.05. The van der Waals surface area contributed by atoms with Gasteiger partial charge in [-0.1, -0.05) is 6.42 Å². The number of rotatable bonds is 3. The lowest BCUT2D eigenvalue weighted by Crippen LogP contribution is -2.54. The van der Waals surface area contributed by atoms with E-state index in [0.717, 1.165) is 45.2 Å². The Morgan fingerprint density at radius 1 is 1.21 bits per heavy atom. The zero-order chi connectivity index (χ0) is 13.2. The zero-order valence-corrected chi connectivity index (χ0v) is 11.6. The largest absolute Gasteiger partial charge is 0.395 e. The van der Waals surface area contributed by atoms with Crippen molar-refractivity contribution in [3.8, 4) is 0 Å². The smallest absolute Gasteiger partial charge is 0.240 e.